The van der Waals surface area contributed by atoms with Crippen LogP contribution in [-0.4, -0.2) is 21.4 Å². The Labute approximate surface area is 83.5 Å². The number of nitrogens with one attached hydrogen (secondary N) is 1. The van der Waals surface area contributed by atoms with E-state index in [1.54, 1.807) is 0 Å². The third-order valence-electron chi connectivity index (χ3n) is 0.496. The quantitative estimate of drug-likeness (QED) is 0.637. The molecule has 0 aliphatic carbocycles. The second-order valence-corrected chi connectivity index (χ2v) is 0.885. The van der Waals surface area contributed by atoms with Gasteiger partial charge in [-0.3, -0.25) is 0 Å². The van der Waals surface area contributed by atoms with Crippen molar-refractivity contribution in [3.63, 3.8) is 0 Å². The van der Waals surface area contributed by atoms with Gasteiger partial charge >= 0.3 is 0 Å². The van der Waals surface area contributed by atoms with Crippen molar-refractivity contribution in [1.82, 2.24) is 4.98 Å². The molecule has 4 nitrogen and oxygen atoms in total. The number of H-pyrrole nitrogens is 1. The fourth-order valence-electron chi connectivity index (χ4n) is 0.278. The normalized spacial score (nSPS) is 3.64. The van der Waals surface area contributed by atoms with E-state index >= 15 is 0 Å². The number of aromatic amines is 1. The van der Waals surface area contributed by atoms with Crippen LogP contribution in [0, 0.1) is 0 Å². The van der Waals surface area contributed by atoms with Gasteiger partial charge in [-0.15, -0.1) is 37.2 Å². The van der Waals surface area contributed by atoms with Crippen molar-refractivity contribution in [1.29, 1.82) is 0 Å². The highest BCUT2D eigenvalue weighted by Crippen LogP contribution is 1.72. The number of aromatic nitrogens is 1. The van der Waals surface area contributed by atoms with Crippen molar-refractivity contribution in [2.75, 3.05) is 0 Å². The Morgan fingerprint density at radius 2 is 0.909 bits per heavy atom. The minimum atomic E-state index is 0. The molecule has 7 heteroatoms. The molecule has 1 aromatic rings. The molecule has 0 aromatic carbocycles. The van der Waals surface area contributed by atoms with Crippen LogP contribution in [0.2, 0.25) is 0 Å². The summed E-state index contributed by atoms with van der Waals surface area (Å²) in [6.45, 7) is 0. The highest BCUT2D eigenvalue weighted by Gasteiger charge is 1.55. The largest absolute Gasteiger partial charge is 0.412 e. The van der Waals surface area contributed by atoms with Gasteiger partial charge in [-0.2, -0.15) is 0 Å². The first-order valence-electron chi connectivity index (χ1n) is 1.58. The Bertz CT molecular complexity index is 77.1. The number of rotatable bonds is 0. The van der Waals surface area contributed by atoms with Crippen LogP contribution in [0.4, 0.5) is 0 Å². The smallest absolute Gasteiger partial charge is 0.000496 e. The lowest BCUT2D eigenvalue weighted by Crippen LogP contribution is -1.38. The van der Waals surface area contributed by atoms with Crippen LogP contribution in [0.25, 0.3) is 0 Å². The van der Waals surface area contributed by atoms with Crippen molar-refractivity contribution in [3.05, 3.63) is 24.5 Å². The van der Waals surface area contributed by atoms with E-state index in [0.717, 1.165) is 0 Å². The minimum Gasteiger partial charge on any atom is -0.412 e. The van der Waals surface area contributed by atoms with Gasteiger partial charge < -0.3 is 21.4 Å². The molecule has 0 atom stereocenters. The average molecular weight is 231 g/mol. The average Bonchev–Trinajstić information content (AvgIpc) is 1.76. The fourth-order valence-corrected chi connectivity index (χ4v) is 0.278. The fraction of sp³-hybridized carbons (Fsp3) is 0. The summed E-state index contributed by atoms with van der Waals surface area (Å²) in [5, 5.41) is 0. The SMILES string of the molecule is Cl.Cl.Cl.O.O.O.c1cc[nH]c1. The van der Waals surface area contributed by atoms with E-state index in [4.69, 9.17) is 0 Å². The molecule has 1 heterocycles. The van der Waals surface area contributed by atoms with Crippen molar-refractivity contribution in [2.24, 2.45) is 0 Å². The molecule has 1 aromatic heterocycles. The molecule has 0 bridgehead atoms. The maximum absolute atomic E-state index is 2.86. The third-order valence-corrected chi connectivity index (χ3v) is 0.496. The Kier molecular flexibility index (Phi) is 129. The van der Waals surface area contributed by atoms with Crippen LogP contribution >= 0.6 is 37.2 Å². The lowest BCUT2D eigenvalue weighted by atomic mass is 10.7. The predicted molar refractivity (Wildman–Crippen MR) is 53.4 cm³/mol. The molecule has 0 saturated heterocycles. The monoisotopic (exact) mass is 229 g/mol. The van der Waals surface area contributed by atoms with Gasteiger partial charge in [0, 0.05) is 12.4 Å². The van der Waals surface area contributed by atoms with Crippen molar-refractivity contribution >= 4 is 37.2 Å². The van der Waals surface area contributed by atoms with Crippen molar-refractivity contribution in [3.8, 4) is 0 Å². The first-order chi connectivity index (χ1) is 2.50. The molecule has 0 aliphatic rings. The van der Waals surface area contributed by atoms with Crippen LogP contribution in [0.5, 0.6) is 0 Å². The van der Waals surface area contributed by atoms with Gasteiger partial charge in [-0.1, -0.05) is 0 Å². The topological polar surface area (TPSA) is 110 Å². The summed E-state index contributed by atoms with van der Waals surface area (Å²) in [6.07, 6.45) is 3.75. The Morgan fingerprint density at radius 1 is 0.636 bits per heavy atom. The summed E-state index contributed by atoms with van der Waals surface area (Å²) >= 11 is 0. The number of halogens is 3. The standard InChI is InChI=1S/C4H5N.3ClH.3H2O/c1-2-4-5-3-1;;;;;;/h1-5H;3*1H;3*1H2. The Hall–Kier alpha value is 0.0300. The van der Waals surface area contributed by atoms with Gasteiger partial charge in [-0.25, -0.2) is 0 Å². The second kappa shape index (κ2) is 32.3. The highest BCUT2D eigenvalue weighted by atomic mass is 35.5. The molecule has 0 aliphatic heterocycles. The zero-order valence-corrected chi connectivity index (χ0v) is 7.98. The van der Waals surface area contributed by atoms with Gasteiger partial charge in [0.2, 0.25) is 0 Å². The number of hydrogen-bond donors (Lipinski definition) is 1. The van der Waals surface area contributed by atoms with E-state index in [2.05, 4.69) is 4.98 Å². The summed E-state index contributed by atoms with van der Waals surface area (Å²) in [6, 6.07) is 3.89. The summed E-state index contributed by atoms with van der Waals surface area (Å²) in [5.41, 5.74) is 0. The second-order valence-electron chi connectivity index (χ2n) is 0.885. The molecule has 0 amide bonds. The van der Waals surface area contributed by atoms with Crippen LogP contribution in [0.1, 0.15) is 0 Å². The van der Waals surface area contributed by atoms with E-state index in [1.807, 2.05) is 24.5 Å². The van der Waals surface area contributed by atoms with Gasteiger partial charge in [0.1, 0.15) is 0 Å². The molecular weight excluding hydrogens is 216 g/mol. The Balaban J connectivity index is -0.0000000104. The Morgan fingerprint density at radius 3 is 1.00 bits per heavy atom. The van der Waals surface area contributed by atoms with Gasteiger partial charge in [0.15, 0.2) is 0 Å². The van der Waals surface area contributed by atoms with Crippen LogP contribution < -0.4 is 0 Å². The molecule has 11 heavy (non-hydrogen) atoms. The zero-order valence-electron chi connectivity index (χ0n) is 5.53. The van der Waals surface area contributed by atoms with E-state index in [-0.39, 0.29) is 53.6 Å². The van der Waals surface area contributed by atoms with E-state index in [0.29, 0.717) is 0 Å². The summed E-state index contributed by atoms with van der Waals surface area (Å²) in [4.78, 5) is 2.86. The highest BCUT2D eigenvalue weighted by molar-refractivity contribution is 5.86. The van der Waals surface area contributed by atoms with Gasteiger partial charge in [-0.05, 0) is 12.1 Å². The van der Waals surface area contributed by atoms with E-state index in [9.17, 15) is 0 Å². The van der Waals surface area contributed by atoms with Crippen LogP contribution in [-0.2, 0) is 0 Å². The summed E-state index contributed by atoms with van der Waals surface area (Å²) < 4.78 is 0. The van der Waals surface area contributed by atoms with E-state index < -0.39 is 0 Å². The van der Waals surface area contributed by atoms with E-state index in [1.165, 1.54) is 0 Å². The molecule has 0 fully saturated rings. The maximum atomic E-state index is 2.86. The van der Waals surface area contributed by atoms with Crippen LogP contribution in [0.15, 0.2) is 24.5 Å². The predicted octanol–water partition coefficient (Wildman–Crippen LogP) is -0.194. The van der Waals surface area contributed by atoms with Gasteiger partial charge in [0.25, 0.3) is 0 Å². The molecule has 74 valence electrons. The molecule has 0 unspecified atom stereocenters. The summed E-state index contributed by atoms with van der Waals surface area (Å²) in [5.74, 6) is 0. The summed E-state index contributed by atoms with van der Waals surface area (Å²) in [7, 11) is 0. The molecule has 0 radical (unpaired) electrons. The lowest BCUT2D eigenvalue weighted by molar-refractivity contribution is 0.823. The third kappa shape index (κ3) is 25.6. The molecule has 0 spiro atoms. The first-order valence-corrected chi connectivity index (χ1v) is 1.58. The van der Waals surface area contributed by atoms with Crippen molar-refractivity contribution < 1.29 is 16.4 Å². The zero-order chi connectivity index (χ0) is 3.54. The molecule has 0 saturated carbocycles. The number of hydrogen-bond acceptors (Lipinski definition) is 0. The minimum absolute atomic E-state index is 0. The maximum Gasteiger partial charge on any atom is 0.000496 e. The first kappa shape index (κ1) is 43.9. The lowest BCUT2D eigenvalue weighted by Gasteiger charge is -1.49. The van der Waals surface area contributed by atoms with Crippen molar-refractivity contribution in [2.45, 2.75) is 0 Å². The molecule has 1 rings (SSSR count). The molecular formula is C4H14Cl3NO3. The van der Waals surface area contributed by atoms with Gasteiger partial charge in [0.05, 0.1) is 0 Å². The molecule has 7 N–H and O–H groups in total. The van der Waals surface area contributed by atoms with Crippen LogP contribution in [0.3, 0.4) is 0 Å².